The third kappa shape index (κ3) is 3.92. The van der Waals surface area contributed by atoms with Crippen molar-refractivity contribution < 1.29 is 27.1 Å². The fourth-order valence-electron chi connectivity index (χ4n) is 1.79. The molecule has 9 heteroatoms. The van der Waals surface area contributed by atoms with Gasteiger partial charge in [-0.1, -0.05) is 0 Å². The average molecular weight is 392 g/mol. The molecule has 1 heterocycles. The Labute approximate surface area is 135 Å². The number of hydrogen-bond acceptors (Lipinski definition) is 5. The molecular formula is C14H9BrF3NO4. The third-order valence-corrected chi connectivity index (χ3v) is 3.35. The molecule has 2 aromatic rings. The molecule has 0 aliphatic carbocycles. The van der Waals surface area contributed by atoms with E-state index in [0.29, 0.717) is 11.8 Å². The lowest BCUT2D eigenvalue weighted by molar-refractivity contribution is -0.137. The number of carbonyl (C=O) groups excluding carboxylic acids is 1. The van der Waals surface area contributed by atoms with Gasteiger partial charge in [-0.05, 0) is 28.1 Å². The first-order valence-corrected chi connectivity index (χ1v) is 6.87. The molecule has 0 amide bonds. The molecule has 2 rings (SSSR count). The van der Waals surface area contributed by atoms with E-state index in [2.05, 4.69) is 26.0 Å². The Morgan fingerprint density at radius 3 is 2.65 bits per heavy atom. The van der Waals surface area contributed by atoms with Crippen LogP contribution in [0.4, 0.5) is 18.9 Å². The molecule has 0 bridgehead atoms. The number of halogens is 4. The van der Waals surface area contributed by atoms with Gasteiger partial charge < -0.3 is 14.5 Å². The topological polar surface area (TPSA) is 68.5 Å². The minimum atomic E-state index is -4.67. The summed E-state index contributed by atoms with van der Waals surface area (Å²) >= 11 is 2.96. The van der Waals surface area contributed by atoms with Crippen LogP contribution in [0.2, 0.25) is 0 Å². The van der Waals surface area contributed by atoms with E-state index < -0.39 is 23.3 Å². The minimum Gasteiger partial charge on any atom is -0.465 e. The van der Waals surface area contributed by atoms with Gasteiger partial charge in [0, 0.05) is 29.4 Å². The summed E-state index contributed by atoms with van der Waals surface area (Å²) in [6.07, 6.45) is -3.42. The average Bonchev–Trinajstić information content (AvgIpc) is 2.49. The molecule has 0 radical (unpaired) electrons. The maximum absolute atomic E-state index is 12.9. The van der Waals surface area contributed by atoms with Crippen LogP contribution in [0.15, 0.2) is 44.2 Å². The van der Waals surface area contributed by atoms with E-state index in [-0.39, 0.29) is 15.5 Å². The zero-order valence-corrected chi connectivity index (χ0v) is 13.1. The number of methoxy groups -OCH3 is 1. The second-order valence-corrected chi connectivity index (χ2v) is 5.17. The molecule has 23 heavy (non-hydrogen) atoms. The highest BCUT2D eigenvalue weighted by Crippen LogP contribution is 2.34. The summed E-state index contributed by atoms with van der Waals surface area (Å²) in [5.41, 5.74) is -2.08. The zero-order chi connectivity index (χ0) is 17.2. The van der Waals surface area contributed by atoms with Crippen LogP contribution in [0, 0.1) is 0 Å². The number of esters is 1. The number of ether oxygens (including phenoxy) is 1. The second kappa shape index (κ2) is 6.45. The molecule has 1 N–H and O–H groups in total. The first-order valence-electron chi connectivity index (χ1n) is 6.08. The Morgan fingerprint density at radius 2 is 2.04 bits per heavy atom. The molecule has 0 aliphatic rings. The summed E-state index contributed by atoms with van der Waals surface area (Å²) < 4.78 is 48.1. The molecule has 0 unspecified atom stereocenters. The monoisotopic (exact) mass is 391 g/mol. The van der Waals surface area contributed by atoms with Crippen molar-refractivity contribution in [1.82, 2.24) is 0 Å². The smallest absolute Gasteiger partial charge is 0.417 e. The Balaban J connectivity index is 2.44. The highest BCUT2D eigenvalue weighted by Gasteiger charge is 2.33. The zero-order valence-electron chi connectivity index (χ0n) is 11.5. The van der Waals surface area contributed by atoms with E-state index >= 15 is 0 Å². The first-order chi connectivity index (χ1) is 10.7. The SMILES string of the molecule is COC(=O)/C(Br)=C/Nc1ccc2c(C(F)(F)F)cc(=O)oc2c1. The van der Waals surface area contributed by atoms with Crippen LogP contribution in [0.1, 0.15) is 5.56 Å². The van der Waals surface area contributed by atoms with Crippen LogP contribution in [-0.4, -0.2) is 13.1 Å². The van der Waals surface area contributed by atoms with E-state index in [1.165, 1.54) is 31.5 Å². The quantitative estimate of drug-likeness (QED) is 0.491. The molecule has 1 aromatic heterocycles. The van der Waals surface area contributed by atoms with Crippen molar-refractivity contribution in [2.75, 3.05) is 12.4 Å². The van der Waals surface area contributed by atoms with Gasteiger partial charge in [0.2, 0.25) is 0 Å². The first kappa shape index (κ1) is 17.1. The summed E-state index contributed by atoms with van der Waals surface area (Å²) in [6, 6.07) is 4.15. The standard InChI is InChI=1S/C14H9BrF3NO4/c1-22-13(21)10(15)6-19-7-2-3-8-9(14(16,17)18)5-12(20)23-11(8)4-7/h2-6,19H,1H3/b10-6-. The molecule has 1 aromatic carbocycles. The number of nitrogens with one attached hydrogen (secondary N) is 1. The highest BCUT2D eigenvalue weighted by atomic mass is 79.9. The molecule has 0 fully saturated rings. The number of rotatable bonds is 3. The van der Waals surface area contributed by atoms with Crippen LogP contribution >= 0.6 is 15.9 Å². The van der Waals surface area contributed by atoms with Crippen molar-refractivity contribution in [2.24, 2.45) is 0 Å². The summed E-state index contributed by atoms with van der Waals surface area (Å²) in [5.74, 6) is -0.635. The summed E-state index contributed by atoms with van der Waals surface area (Å²) in [4.78, 5) is 22.5. The molecule has 122 valence electrons. The number of hydrogen-bond donors (Lipinski definition) is 1. The van der Waals surface area contributed by atoms with Gasteiger partial charge in [0.15, 0.2) is 0 Å². The van der Waals surface area contributed by atoms with E-state index in [1.807, 2.05) is 0 Å². The molecular weight excluding hydrogens is 383 g/mol. The predicted molar refractivity (Wildman–Crippen MR) is 80.1 cm³/mol. The van der Waals surface area contributed by atoms with Gasteiger partial charge in [-0.2, -0.15) is 13.2 Å². The normalized spacial score (nSPS) is 12.3. The van der Waals surface area contributed by atoms with E-state index in [9.17, 15) is 22.8 Å². The van der Waals surface area contributed by atoms with E-state index in [1.54, 1.807) is 0 Å². The van der Waals surface area contributed by atoms with Gasteiger partial charge in [0.05, 0.1) is 12.7 Å². The van der Waals surface area contributed by atoms with Crippen molar-refractivity contribution in [2.45, 2.75) is 6.18 Å². The highest BCUT2D eigenvalue weighted by molar-refractivity contribution is 9.12. The minimum absolute atomic E-state index is 0.0746. The fourth-order valence-corrected chi connectivity index (χ4v) is 2.07. The van der Waals surface area contributed by atoms with Crippen molar-refractivity contribution in [3.63, 3.8) is 0 Å². The number of benzene rings is 1. The third-order valence-electron chi connectivity index (χ3n) is 2.80. The van der Waals surface area contributed by atoms with E-state index in [0.717, 1.165) is 0 Å². The van der Waals surface area contributed by atoms with Crippen molar-refractivity contribution in [1.29, 1.82) is 0 Å². The van der Waals surface area contributed by atoms with Gasteiger partial charge in [-0.25, -0.2) is 9.59 Å². The number of fused-ring (bicyclic) bond motifs is 1. The van der Waals surface area contributed by atoms with E-state index in [4.69, 9.17) is 4.42 Å². The van der Waals surface area contributed by atoms with Crippen LogP contribution in [-0.2, 0) is 15.7 Å². The fraction of sp³-hybridized carbons (Fsp3) is 0.143. The Morgan fingerprint density at radius 1 is 1.35 bits per heavy atom. The van der Waals surface area contributed by atoms with Crippen LogP contribution in [0.3, 0.4) is 0 Å². The lowest BCUT2D eigenvalue weighted by Gasteiger charge is -2.10. The Bertz CT molecular complexity index is 842. The van der Waals surface area contributed by atoms with Gasteiger partial charge in [0.25, 0.3) is 0 Å². The second-order valence-electron chi connectivity index (χ2n) is 4.32. The molecule has 5 nitrogen and oxygen atoms in total. The number of anilines is 1. The van der Waals surface area contributed by atoms with Crippen molar-refractivity contribution in [3.8, 4) is 0 Å². The van der Waals surface area contributed by atoms with Crippen molar-refractivity contribution >= 4 is 38.6 Å². The largest absolute Gasteiger partial charge is 0.465 e. The van der Waals surface area contributed by atoms with Crippen LogP contribution < -0.4 is 10.9 Å². The lowest BCUT2D eigenvalue weighted by atomic mass is 10.1. The Kier molecular flexibility index (Phi) is 4.79. The van der Waals surface area contributed by atoms with Gasteiger partial charge >= 0.3 is 17.8 Å². The lowest BCUT2D eigenvalue weighted by Crippen LogP contribution is -2.11. The summed E-state index contributed by atoms with van der Waals surface area (Å²) in [6.45, 7) is 0. The summed E-state index contributed by atoms with van der Waals surface area (Å²) in [7, 11) is 1.20. The summed E-state index contributed by atoms with van der Waals surface area (Å²) in [5, 5.41) is 2.44. The number of alkyl halides is 3. The molecule has 0 saturated heterocycles. The maximum atomic E-state index is 12.9. The van der Waals surface area contributed by atoms with Gasteiger partial charge in [-0.3, -0.25) is 0 Å². The molecule has 0 spiro atoms. The maximum Gasteiger partial charge on any atom is 0.417 e. The van der Waals surface area contributed by atoms with Crippen LogP contribution in [0.5, 0.6) is 0 Å². The van der Waals surface area contributed by atoms with Gasteiger partial charge in [-0.15, -0.1) is 0 Å². The van der Waals surface area contributed by atoms with Crippen molar-refractivity contribution in [3.05, 3.63) is 50.9 Å². The van der Waals surface area contributed by atoms with Crippen LogP contribution in [0.25, 0.3) is 11.0 Å². The Hall–Kier alpha value is -2.29. The number of carbonyl (C=O) groups is 1. The molecule has 0 saturated carbocycles. The molecule has 0 aliphatic heterocycles. The predicted octanol–water partition coefficient (Wildman–Crippen LogP) is 3.63. The van der Waals surface area contributed by atoms with Gasteiger partial charge in [0.1, 0.15) is 10.1 Å². The molecule has 0 atom stereocenters.